The van der Waals surface area contributed by atoms with Crippen LogP contribution in [0.4, 0.5) is 11.4 Å². The first-order chi connectivity index (χ1) is 12.2. The Morgan fingerprint density at radius 3 is 2.72 bits per heavy atom. The summed E-state index contributed by atoms with van der Waals surface area (Å²) in [6.07, 6.45) is 5.46. The van der Waals surface area contributed by atoms with Crippen LogP contribution in [0.1, 0.15) is 47.7 Å². The maximum Gasteiger partial charge on any atom is 0.255 e. The summed E-state index contributed by atoms with van der Waals surface area (Å²) in [4.78, 5) is 12.6. The zero-order chi connectivity index (χ0) is 17.6. The van der Waals surface area contributed by atoms with Crippen LogP contribution in [0.25, 0.3) is 0 Å². The quantitative estimate of drug-likeness (QED) is 0.834. The molecule has 2 N–H and O–H groups in total. The molecule has 2 aromatic carbocycles. The highest BCUT2D eigenvalue weighted by molar-refractivity contribution is 6.05. The van der Waals surface area contributed by atoms with Crippen molar-refractivity contribution in [3.05, 3.63) is 53.1 Å². The van der Waals surface area contributed by atoms with Crippen molar-refractivity contribution in [2.45, 2.75) is 39.0 Å². The van der Waals surface area contributed by atoms with Crippen molar-refractivity contribution in [1.29, 1.82) is 0 Å². The largest absolute Gasteiger partial charge is 0.494 e. The van der Waals surface area contributed by atoms with Gasteiger partial charge in [0, 0.05) is 23.9 Å². The molecule has 0 saturated heterocycles. The van der Waals surface area contributed by atoms with E-state index in [4.69, 9.17) is 4.74 Å². The lowest BCUT2D eigenvalue weighted by Crippen LogP contribution is -2.13. The van der Waals surface area contributed by atoms with Gasteiger partial charge in [0.05, 0.1) is 12.8 Å². The van der Waals surface area contributed by atoms with Gasteiger partial charge in [-0.3, -0.25) is 4.79 Å². The van der Waals surface area contributed by atoms with E-state index in [-0.39, 0.29) is 5.91 Å². The summed E-state index contributed by atoms with van der Waals surface area (Å²) < 4.78 is 5.49. The van der Waals surface area contributed by atoms with Crippen molar-refractivity contribution in [1.82, 2.24) is 0 Å². The lowest BCUT2D eigenvalue weighted by molar-refractivity contribution is 0.102. The Labute approximate surface area is 149 Å². The van der Waals surface area contributed by atoms with Crippen LogP contribution >= 0.6 is 0 Å². The standard InChI is InChI=1S/C21H26N2O2/c1-3-6-15-8-10-16(11-9-15)21(24)23-19-13-17-7-4-5-12-22-18(17)14-20(19)25-2/h8-11,13-14,22H,3-7,12H2,1-2H3,(H,23,24). The van der Waals surface area contributed by atoms with Crippen molar-refractivity contribution in [2.75, 3.05) is 24.3 Å². The third-order valence-corrected chi connectivity index (χ3v) is 4.62. The second-order valence-corrected chi connectivity index (χ2v) is 6.49. The molecule has 1 aliphatic rings. The van der Waals surface area contributed by atoms with Gasteiger partial charge in [-0.1, -0.05) is 25.5 Å². The van der Waals surface area contributed by atoms with Crippen LogP contribution < -0.4 is 15.4 Å². The minimum Gasteiger partial charge on any atom is -0.494 e. The molecule has 132 valence electrons. The van der Waals surface area contributed by atoms with Crippen molar-refractivity contribution in [3.8, 4) is 5.75 Å². The van der Waals surface area contributed by atoms with E-state index in [9.17, 15) is 4.79 Å². The van der Waals surface area contributed by atoms with Gasteiger partial charge < -0.3 is 15.4 Å². The Morgan fingerprint density at radius 2 is 2.00 bits per heavy atom. The van der Waals surface area contributed by atoms with Crippen LogP contribution in [0.5, 0.6) is 5.75 Å². The van der Waals surface area contributed by atoms with E-state index >= 15 is 0 Å². The van der Waals surface area contributed by atoms with Gasteiger partial charge in [0.15, 0.2) is 0 Å². The third-order valence-electron chi connectivity index (χ3n) is 4.62. The fraction of sp³-hybridized carbons (Fsp3) is 0.381. The van der Waals surface area contributed by atoms with Crippen LogP contribution in [-0.2, 0) is 12.8 Å². The van der Waals surface area contributed by atoms with Crippen LogP contribution in [0.15, 0.2) is 36.4 Å². The number of hydrogen-bond acceptors (Lipinski definition) is 3. The number of fused-ring (bicyclic) bond motifs is 1. The minimum absolute atomic E-state index is 0.108. The summed E-state index contributed by atoms with van der Waals surface area (Å²) in [6, 6.07) is 11.8. The van der Waals surface area contributed by atoms with E-state index in [1.165, 1.54) is 11.1 Å². The Bertz CT molecular complexity index is 738. The van der Waals surface area contributed by atoms with Gasteiger partial charge in [-0.2, -0.15) is 0 Å². The number of benzene rings is 2. The summed E-state index contributed by atoms with van der Waals surface area (Å²) in [5.74, 6) is 0.576. The van der Waals surface area contributed by atoms with Gasteiger partial charge >= 0.3 is 0 Å². The van der Waals surface area contributed by atoms with E-state index in [1.54, 1.807) is 7.11 Å². The van der Waals surface area contributed by atoms with Gasteiger partial charge in [0.1, 0.15) is 5.75 Å². The number of aryl methyl sites for hydroxylation is 2. The molecule has 0 spiro atoms. The molecule has 4 heteroatoms. The second kappa shape index (κ2) is 8.06. The van der Waals surface area contributed by atoms with Crippen LogP contribution in [0, 0.1) is 0 Å². The van der Waals surface area contributed by atoms with Crippen LogP contribution in [0.2, 0.25) is 0 Å². The molecule has 1 heterocycles. The monoisotopic (exact) mass is 338 g/mol. The number of carbonyl (C=O) groups is 1. The number of methoxy groups -OCH3 is 1. The number of anilines is 2. The Kier molecular flexibility index (Phi) is 5.59. The Hall–Kier alpha value is -2.49. The van der Waals surface area contributed by atoms with Crippen molar-refractivity contribution in [3.63, 3.8) is 0 Å². The molecule has 2 aromatic rings. The number of hydrogen-bond donors (Lipinski definition) is 2. The molecule has 25 heavy (non-hydrogen) atoms. The summed E-state index contributed by atoms with van der Waals surface area (Å²) in [7, 11) is 1.63. The van der Waals surface area contributed by atoms with Crippen molar-refractivity contribution in [2.24, 2.45) is 0 Å². The molecule has 0 unspecified atom stereocenters. The van der Waals surface area contributed by atoms with E-state index in [2.05, 4.69) is 17.6 Å². The fourth-order valence-electron chi connectivity index (χ4n) is 3.23. The average molecular weight is 338 g/mol. The molecule has 0 radical (unpaired) electrons. The fourth-order valence-corrected chi connectivity index (χ4v) is 3.23. The zero-order valence-corrected chi connectivity index (χ0v) is 15.0. The first-order valence-corrected chi connectivity index (χ1v) is 9.06. The topological polar surface area (TPSA) is 50.4 Å². The lowest BCUT2D eigenvalue weighted by atomic mass is 10.1. The highest BCUT2D eigenvalue weighted by atomic mass is 16.5. The van der Waals surface area contributed by atoms with Gasteiger partial charge in [-0.25, -0.2) is 0 Å². The van der Waals surface area contributed by atoms with E-state index in [0.29, 0.717) is 11.3 Å². The lowest BCUT2D eigenvalue weighted by Gasteiger charge is -2.15. The summed E-state index contributed by atoms with van der Waals surface area (Å²) >= 11 is 0. The van der Waals surface area contributed by atoms with Gasteiger partial charge in [0.25, 0.3) is 5.91 Å². The number of carbonyl (C=O) groups excluding carboxylic acids is 1. The molecular weight excluding hydrogens is 312 g/mol. The SMILES string of the molecule is CCCc1ccc(C(=O)Nc2cc3c(cc2OC)NCCCC3)cc1. The average Bonchev–Trinajstić information content (AvgIpc) is 2.86. The molecule has 0 aromatic heterocycles. The van der Waals surface area contributed by atoms with Gasteiger partial charge in [-0.15, -0.1) is 0 Å². The summed E-state index contributed by atoms with van der Waals surface area (Å²) in [5.41, 5.74) is 4.98. The maximum atomic E-state index is 12.6. The molecule has 1 amide bonds. The first-order valence-electron chi connectivity index (χ1n) is 9.06. The highest BCUT2D eigenvalue weighted by Gasteiger charge is 2.15. The Balaban J connectivity index is 1.81. The van der Waals surface area contributed by atoms with Crippen LogP contribution in [-0.4, -0.2) is 19.6 Å². The van der Waals surface area contributed by atoms with Crippen molar-refractivity contribution < 1.29 is 9.53 Å². The molecule has 3 rings (SSSR count). The zero-order valence-electron chi connectivity index (χ0n) is 15.0. The van der Waals surface area contributed by atoms with E-state index in [1.807, 2.05) is 36.4 Å². The van der Waals surface area contributed by atoms with E-state index < -0.39 is 0 Å². The number of nitrogens with one attached hydrogen (secondary N) is 2. The molecule has 0 atom stereocenters. The molecule has 4 nitrogen and oxygen atoms in total. The molecule has 0 aliphatic carbocycles. The highest BCUT2D eigenvalue weighted by Crippen LogP contribution is 2.34. The Morgan fingerprint density at radius 1 is 1.20 bits per heavy atom. The van der Waals surface area contributed by atoms with Crippen molar-refractivity contribution >= 4 is 17.3 Å². The molecule has 1 aliphatic heterocycles. The molecule has 0 fully saturated rings. The minimum atomic E-state index is -0.108. The molecular formula is C21H26N2O2. The first kappa shape index (κ1) is 17.3. The summed E-state index contributed by atoms with van der Waals surface area (Å²) in [6.45, 7) is 3.13. The van der Waals surface area contributed by atoms with Gasteiger partial charge in [0.2, 0.25) is 0 Å². The predicted molar refractivity (Wildman–Crippen MR) is 103 cm³/mol. The number of ether oxygens (including phenoxy) is 1. The normalized spacial score (nSPS) is 13.4. The number of amides is 1. The third kappa shape index (κ3) is 4.13. The van der Waals surface area contributed by atoms with E-state index in [0.717, 1.165) is 50.0 Å². The molecule has 0 saturated carbocycles. The van der Waals surface area contributed by atoms with Gasteiger partial charge in [-0.05, 0) is 55.0 Å². The molecule has 0 bridgehead atoms. The number of rotatable bonds is 5. The smallest absolute Gasteiger partial charge is 0.255 e. The summed E-state index contributed by atoms with van der Waals surface area (Å²) in [5, 5.41) is 6.45. The predicted octanol–water partition coefficient (Wildman–Crippen LogP) is 4.65. The second-order valence-electron chi connectivity index (χ2n) is 6.49. The maximum absolute atomic E-state index is 12.6. The van der Waals surface area contributed by atoms with Crippen LogP contribution in [0.3, 0.4) is 0 Å².